The third kappa shape index (κ3) is 1.50. The molecule has 0 bridgehead atoms. The van der Waals surface area contributed by atoms with Gasteiger partial charge in [0.05, 0.1) is 11.1 Å². The summed E-state index contributed by atoms with van der Waals surface area (Å²) in [6.45, 7) is 1.82. The number of pyridine rings is 2. The molecule has 2 aromatic heterocycles. The second kappa shape index (κ2) is 3.65. The van der Waals surface area contributed by atoms with Gasteiger partial charge in [0.25, 0.3) is 5.56 Å². The van der Waals surface area contributed by atoms with Gasteiger partial charge in [-0.3, -0.25) is 9.78 Å². The smallest absolute Gasteiger partial charge is 0.259 e. The first-order chi connectivity index (χ1) is 7.63. The minimum absolute atomic E-state index is 0.131. The van der Waals surface area contributed by atoms with Crippen molar-refractivity contribution in [3.63, 3.8) is 0 Å². The molecule has 4 N–H and O–H groups in total. The summed E-state index contributed by atoms with van der Waals surface area (Å²) in [5.41, 5.74) is 6.57. The van der Waals surface area contributed by atoms with Crippen molar-refractivity contribution in [1.82, 2.24) is 9.97 Å². The van der Waals surface area contributed by atoms with Crippen molar-refractivity contribution in [3.8, 4) is 0 Å². The van der Waals surface area contributed by atoms with Crippen LogP contribution in [0.4, 0.5) is 0 Å². The minimum atomic E-state index is -0.395. The van der Waals surface area contributed by atoms with Crippen molar-refractivity contribution in [2.75, 3.05) is 0 Å². The molecule has 0 atom stereocenters. The molecule has 0 saturated carbocycles. The number of aromatic nitrogens is 2. The zero-order chi connectivity index (χ0) is 11.7. The Bertz CT molecular complexity index is 630. The highest BCUT2D eigenvalue weighted by molar-refractivity contribution is 5.99. The molecule has 82 valence electrons. The fourth-order valence-electron chi connectivity index (χ4n) is 1.51. The van der Waals surface area contributed by atoms with Gasteiger partial charge in [0.2, 0.25) is 0 Å². The maximum atomic E-state index is 11.6. The fourth-order valence-corrected chi connectivity index (χ4v) is 1.51. The number of fused-ring (bicyclic) bond motifs is 1. The third-order valence-corrected chi connectivity index (χ3v) is 2.35. The molecule has 0 fully saturated rings. The topological polar surface area (TPSA) is 104 Å². The lowest BCUT2D eigenvalue weighted by molar-refractivity contribution is 0.318. The van der Waals surface area contributed by atoms with Crippen LogP contribution in [-0.2, 0) is 0 Å². The molecule has 6 nitrogen and oxygen atoms in total. The molecule has 0 aliphatic rings. The molecule has 0 aromatic carbocycles. The molecule has 0 amide bonds. The molecule has 2 rings (SSSR count). The SMILES string of the molecule is Cc1nccc2[nH]c(=O)c(/C(N)=N/O)cc12. The van der Waals surface area contributed by atoms with Crippen molar-refractivity contribution in [3.05, 3.63) is 39.9 Å². The monoisotopic (exact) mass is 218 g/mol. The lowest BCUT2D eigenvalue weighted by atomic mass is 10.1. The quantitative estimate of drug-likeness (QED) is 0.277. The largest absolute Gasteiger partial charge is 0.409 e. The number of oxime groups is 1. The maximum Gasteiger partial charge on any atom is 0.259 e. The Morgan fingerprint density at radius 1 is 1.62 bits per heavy atom. The summed E-state index contributed by atoms with van der Waals surface area (Å²) in [7, 11) is 0. The van der Waals surface area contributed by atoms with E-state index in [2.05, 4.69) is 15.1 Å². The van der Waals surface area contributed by atoms with Crippen molar-refractivity contribution in [2.24, 2.45) is 10.9 Å². The Labute approximate surface area is 90.4 Å². The average Bonchev–Trinajstić information content (AvgIpc) is 2.28. The number of nitrogens with one attached hydrogen (secondary N) is 1. The highest BCUT2D eigenvalue weighted by Gasteiger charge is 2.08. The lowest BCUT2D eigenvalue weighted by Crippen LogP contribution is -2.24. The van der Waals surface area contributed by atoms with Crippen molar-refractivity contribution < 1.29 is 5.21 Å². The Hall–Kier alpha value is -2.37. The Kier molecular flexibility index (Phi) is 2.32. The molecule has 16 heavy (non-hydrogen) atoms. The number of nitrogens with zero attached hydrogens (tertiary/aromatic N) is 2. The summed E-state index contributed by atoms with van der Waals surface area (Å²) in [6.07, 6.45) is 1.61. The molecule has 2 heterocycles. The van der Waals surface area contributed by atoms with Gasteiger partial charge in [0, 0.05) is 17.3 Å². The second-order valence-electron chi connectivity index (χ2n) is 3.35. The Morgan fingerprint density at radius 3 is 3.06 bits per heavy atom. The highest BCUT2D eigenvalue weighted by atomic mass is 16.4. The van der Waals surface area contributed by atoms with Gasteiger partial charge in [0.15, 0.2) is 5.84 Å². The molecular weight excluding hydrogens is 208 g/mol. The summed E-state index contributed by atoms with van der Waals surface area (Å²) >= 11 is 0. The van der Waals surface area contributed by atoms with Gasteiger partial charge in [-0.2, -0.15) is 0 Å². The highest BCUT2D eigenvalue weighted by Crippen LogP contribution is 2.13. The van der Waals surface area contributed by atoms with E-state index in [9.17, 15) is 4.79 Å². The van der Waals surface area contributed by atoms with Crippen LogP contribution in [-0.4, -0.2) is 21.0 Å². The van der Waals surface area contributed by atoms with E-state index in [4.69, 9.17) is 10.9 Å². The van der Waals surface area contributed by atoms with Crippen molar-refractivity contribution >= 4 is 16.7 Å². The molecule has 0 saturated heterocycles. The first-order valence-corrected chi connectivity index (χ1v) is 4.60. The van der Waals surface area contributed by atoms with Crippen LogP contribution in [0.1, 0.15) is 11.3 Å². The average molecular weight is 218 g/mol. The van der Waals surface area contributed by atoms with E-state index in [1.165, 1.54) is 0 Å². The van der Waals surface area contributed by atoms with Gasteiger partial charge in [-0.1, -0.05) is 5.16 Å². The van der Waals surface area contributed by atoms with Crippen LogP contribution in [0.5, 0.6) is 0 Å². The van der Waals surface area contributed by atoms with Crippen LogP contribution in [0.2, 0.25) is 0 Å². The van der Waals surface area contributed by atoms with Crippen molar-refractivity contribution in [1.29, 1.82) is 0 Å². The Morgan fingerprint density at radius 2 is 2.38 bits per heavy atom. The van der Waals surface area contributed by atoms with Crippen LogP contribution in [0, 0.1) is 6.92 Å². The van der Waals surface area contributed by atoms with E-state index in [0.717, 1.165) is 11.1 Å². The Balaban J connectivity index is 2.85. The molecule has 0 aliphatic carbocycles. The summed E-state index contributed by atoms with van der Waals surface area (Å²) in [4.78, 5) is 18.3. The predicted octanol–water partition coefficient (Wildman–Crippen LogP) is 0.326. The third-order valence-electron chi connectivity index (χ3n) is 2.35. The van der Waals surface area contributed by atoms with E-state index in [0.29, 0.717) is 5.52 Å². The van der Waals surface area contributed by atoms with Crippen LogP contribution >= 0.6 is 0 Å². The van der Waals surface area contributed by atoms with E-state index in [-0.39, 0.29) is 11.4 Å². The van der Waals surface area contributed by atoms with Crippen LogP contribution in [0.3, 0.4) is 0 Å². The standard InChI is InChI=1S/C10H10N4O2/c1-5-6-4-7(9(11)14-16)10(15)13-8(6)2-3-12-5/h2-4,16H,1H3,(H2,11,14)(H,13,15). The number of hydrogen-bond donors (Lipinski definition) is 3. The van der Waals surface area contributed by atoms with Gasteiger partial charge in [0.1, 0.15) is 0 Å². The van der Waals surface area contributed by atoms with E-state index in [1.54, 1.807) is 18.3 Å². The van der Waals surface area contributed by atoms with Crippen LogP contribution < -0.4 is 11.3 Å². The van der Waals surface area contributed by atoms with Gasteiger partial charge < -0.3 is 15.9 Å². The summed E-state index contributed by atoms with van der Waals surface area (Å²) in [6, 6.07) is 3.26. The van der Waals surface area contributed by atoms with Gasteiger partial charge >= 0.3 is 0 Å². The normalized spacial score (nSPS) is 11.9. The number of H-pyrrole nitrogens is 1. The number of hydrogen-bond acceptors (Lipinski definition) is 4. The predicted molar refractivity (Wildman–Crippen MR) is 59.6 cm³/mol. The van der Waals surface area contributed by atoms with Gasteiger partial charge in [-0.25, -0.2) is 0 Å². The minimum Gasteiger partial charge on any atom is -0.409 e. The lowest BCUT2D eigenvalue weighted by Gasteiger charge is -2.03. The summed E-state index contributed by atoms with van der Waals surface area (Å²) in [5.74, 6) is -0.216. The van der Waals surface area contributed by atoms with E-state index < -0.39 is 5.56 Å². The van der Waals surface area contributed by atoms with Crippen LogP contribution in [0.15, 0.2) is 28.3 Å². The number of aryl methyl sites for hydroxylation is 1. The van der Waals surface area contributed by atoms with E-state index in [1.807, 2.05) is 6.92 Å². The number of nitrogens with two attached hydrogens (primary N) is 1. The molecule has 0 spiro atoms. The first-order valence-electron chi connectivity index (χ1n) is 4.60. The molecule has 0 radical (unpaired) electrons. The summed E-state index contributed by atoms with van der Waals surface area (Å²) in [5, 5.41) is 12.1. The van der Waals surface area contributed by atoms with Crippen LogP contribution in [0.25, 0.3) is 10.9 Å². The van der Waals surface area contributed by atoms with Crippen molar-refractivity contribution in [2.45, 2.75) is 6.92 Å². The summed E-state index contributed by atoms with van der Waals surface area (Å²) < 4.78 is 0. The molecule has 6 heteroatoms. The zero-order valence-corrected chi connectivity index (χ0v) is 8.56. The number of aromatic amines is 1. The molecule has 2 aromatic rings. The second-order valence-corrected chi connectivity index (χ2v) is 3.35. The fraction of sp³-hybridized carbons (Fsp3) is 0.100. The van der Waals surface area contributed by atoms with Gasteiger partial charge in [-0.15, -0.1) is 0 Å². The zero-order valence-electron chi connectivity index (χ0n) is 8.56. The first kappa shape index (κ1) is 10.2. The number of amidine groups is 1. The molecule has 0 aliphatic heterocycles. The maximum absolute atomic E-state index is 11.6. The molecule has 0 unspecified atom stereocenters. The van der Waals surface area contributed by atoms with Gasteiger partial charge in [-0.05, 0) is 19.1 Å². The van der Waals surface area contributed by atoms with E-state index >= 15 is 0 Å². The number of rotatable bonds is 1. The molecular formula is C10H10N4O2.